The minimum atomic E-state index is -2.45. The molecule has 3 heterocycles. The van der Waals surface area contributed by atoms with Crippen LogP contribution in [-0.2, 0) is 18.9 Å². The van der Waals surface area contributed by atoms with Crippen LogP contribution in [0.5, 0.6) is 0 Å². The zero-order valence-corrected chi connectivity index (χ0v) is 16.5. The minimum Gasteiger partial charge on any atom is -0.260 e. The summed E-state index contributed by atoms with van der Waals surface area (Å²) in [5.74, 6) is 1.53. The molecule has 0 saturated carbocycles. The molecule has 3 rings (SSSR count). The molecule has 2 aromatic heterocycles. The number of rotatable bonds is 4. The first-order chi connectivity index (χ1) is 10.8. The second-order valence-electron chi connectivity index (χ2n) is 6.72. The van der Waals surface area contributed by atoms with Crippen LogP contribution in [0.4, 0.5) is 0 Å². The number of allylic oxidation sites excluding steroid dienone is 2. The highest BCUT2D eigenvalue weighted by Gasteiger charge is 2.42. The molecule has 0 aliphatic carbocycles. The number of aryl methyl sites for hydroxylation is 1. The maximum atomic E-state index is 6.59. The molecule has 1 nitrogen and oxygen atoms in total. The normalized spacial score (nSPS) is 20.7. The van der Waals surface area contributed by atoms with Gasteiger partial charge in [0, 0.05) is 26.6 Å². The standard InChI is InChI=1S/C19H23NS3/c1-14(2)12-23(21,17-8-7-16(4)20-11-17)13-15(3)10-19(23)18-6-5-9-22-18/h5-11,13-14H,12H2,1-4H3. The fourth-order valence-electron chi connectivity index (χ4n) is 3.35. The van der Waals surface area contributed by atoms with Gasteiger partial charge in [-0.15, -0.1) is 19.1 Å². The van der Waals surface area contributed by atoms with Gasteiger partial charge in [0.25, 0.3) is 0 Å². The zero-order valence-electron chi connectivity index (χ0n) is 14.1. The van der Waals surface area contributed by atoms with Crippen molar-refractivity contribution in [3.05, 3.63) is 63.5 Å². The molecular formula is C19H23NS3. The molecular weight excluding hydrogens is 338 g/mol. The van der Waals surface area contributed by atoms with E-state index in [2.05, 4.69) is 66.9 Å². The van der Waals surface area contributed by atoms with E-state index in [1.165, 1.54) is 20.3 Å². The first-order valence-electron chi connectivity index (χ1n) is 7.85. The van der Waals surface area contributed by atoms with Crippen molar-refractivity contribution in [1.82, 2.24) is 4.98 Å². The predicted octanol–water partition coefficient (Wildman–Crippen LogP) is 5.58. The molecule has 4 heteroatoms. The molecule has 0 N–H and O–H groups in total. The number of hydrogen-bond donors (Lipinski definition) is 0. The summed E-state index contributed by atoms with van der Waals surface area (Å²) in [6.45, 7) is 8.73. The summed E-state index contributed by atoms with van der Waals surface area (Å²) in [7, 11) is -2.45. The van der Waals surface area contributed by atoms with Crippen LogP contribution < -0.4 is 0 Å². The smallest absolute Gasteiger partial charge is 0.0401 e. The summed E-state index contributed by atoms with van der Waals surface area (Å²) in [5.41, 5.74) is 2.32. The molecule has 0 atom stereocenters. The van der Waals surface area contributed by atoms with Crippen molar-refractivity contribution in [1.29, 1.82) is 0 Å². The largest absolute Gasteiger partial charge is 0.260 e. The number of hydrogen-bond acceptors (Lipinski definition) is 3. The Morgan fingerprint density at radius 3 is 2.57 bits per heavy atom. The third-order valence-corrected chi connectivity index (χ3v) is 11.7. The maximum absolute atomic E-state index is 6.59. The van der Waals surface area contributed by atoms with Crippen LogP contribution in [0.25, 0.3) is 4.91 Å². The molecule has 1 aliphatic heterocycles. The summed E-state index contributed by atoms with van der Waals surface area (Å²) in [6.07, 6.45) is 4.33. The lowest BCUT2D eigenvalue weighted by molar-refractivity contribution is 0.745. The molecule has 0 saturated heterocycles. The Morgan fingerprint density at radius 1 is 1.22 bits per heavy atom. The number of pyridine rings is 1. The average molecular weight is 362 g/mol. The first kappa shape index (κ1) is 16.7. The van der Waals surface area contributed by atoms with Crippen molar-refractivity contribution in [2.75, 3.05) is 5.75 Å². The van der Waals surface area contributed by atoms with E-state index >= 15 is 0 Å². The predicted molar refractivity (Wildman–Crippen MR) is 108 cm³/mol. The van der Waals surface area contributed by atoms with Gasteiger partial charge in [-0.25, -0.2) is 0 Å². The van der Waals surface area contributed by atoms with Crippen molar-refractivity contribution >= 4 is 35.2 Å². The van der Waals surface area contributed by atoms with Gasteiger partial charge in [0.05, 0.1) is 0 Å². The number of aromatic nitrogens is 1. The molecule has 0 bridgehead atoms. The van der Waals surface area contributed by atoms with Crippen molar-refractivity contribution in [3.63, 3.8) is 0 Å². The maximum Gasteiger partial charge on any atom is 0.0401 e. The Balaban J connectivity index is 2.31. The third kappa shape index (κ3) is 2.77. The highest BCUT2D eigenvalue weighted by Crippen LogP contribution is 2.55. The molecule has 0 spiro atoms. The molecule has 23 heavy (non-hydrogen) atoms. The third-order valence-electron chi connectivity index (χ3n) is 4.11. The van der Waals surface area contributed by atoms with E-state index in [4.69, 9.17) is 11.2 Å². The van der Waals surface area contributed by atoms with Gasteiger partial charge in [0.1, 0.15) is 0 Å². The quantitative estimate of drug-likeness (QED) is 0.705. The highest BCUT2D eigenvalue weighted by atomic mass is 32.9. The molecule has 0 radical (unpaired) electrons. The lowest BCUT2D eigenvalue weighted by Gasteiger charge is -2.45. The fourth-order valence-corrected chi connectivity index (χ4v) is 11.6. The van der Waals surface area contributed by atoms with Crippen molar-refractivity contribution in [3.8, 4) is 0 Å². The van der Waals surface area contributed by atoms with E-state index in [0.29, 0.717) is 5.92 Å². The van der Waals surface area contributed by atoms with Crippen LogP contribution in [0, 0.1) is 12.8 Å². The van der Waals surface area contributed by atoms with Crippen LogP contribution in [0.2, 0.25) is 0 Å². The van der Waals surface area contributed by atoms with E-state index in [0.717, 1.165) is 11.4 Å². The monoisotopic (exact) mass is 361 g/mol. The molecule has 0 aromatic carbocycles. The minimum absolute atomic E-state index is 0.529. The Labute approximate surface area is 147 Å². The molecule has 0 fully saturated rings. The van der Waals surface area contributed by atoms with Crippen LogP contribution in [0.1, 0.15) is 31.3 Å². The molecule has 2 aromatic rings. The molecule has 1 aliphatic rings. The summed E-state index contributed by atoms with van der Waals surface area (Å²) in [6, 6.07) is 8.62. The van der Waals surface area contributed by atoms with Gasteiger partial charge in [-0.1, -0.05) is 31.1 Å². The lowest BCUT2D eigenvalue weighted by atomic mass is 10.3. The van der Waals surface area contributed by atoms with Gasteiger partial charge in [-0.2, -0.15) is 0 Å². The van der Waals surface area contributed by atoms with Gasteiger partial charge in [0.15, 0.2) is 0 Å². The van der Waals surface area contributed by atoms with E-state index in [9.17, 15) is 0 Å². The second kappa shape index (κ2) is 5.76. The Kier molecular flexibility index (Phi) is 4.20. The number of thiophene rings is 1. The van der Waals surface area contributed by atoms with E-state index in [1.807, 2.05) is 13.1 Å². The molecule has 0 unspecified atom stereocenters. The Bertz CT molecular complexity index is 839. The summed E-state index contributed by atoms with van der Waals surface area (Å²) < 4.78 is 0. The summed E-state index contributed by atoms with van der Waals surface area (Å²) in [5, 5.41) is 4.52. The van der Waals surface area contributed by atoms with Crippen LogP contribution in [0.3, 0.4) is 0 Å². The Hall–Kier alpha value is -1.10. The van der Waals surface area contributed by atoms with E-state index < -0.39 is 7.72 Å². The average Bonchev–Trinajstić information content (AvgIpc) is 3.05. The summed E-state index contributed by atoms with van der Waals surface area (Å²) >= 11 is 8.38. The van der Waals surface area contributed by atoms with Crippen LogP contribution >= 0.6 is 11.3 Å². The van der Waals surface area contributed by atoms with Crippen molar-refractivity contribution < 1.29 is 0 Å². The first-order valence-corrected chi connectivity index (χ1v) is 11.9. The van der Waals surface area contributed by atoms with Gasteiger partial charge >= 0.3 is 0 Å². The van der Waals surface area contributed by atoms with Gasteiger partial charge in [0.2, 0.25) is 0 Å². The summed E-state index contributed by atoms with van der Waals surface area (Å²) in [4.78, 5) is 8.42. The number of nitrogens with zero attached hydrogens (tertiary/aromatic N) is 1. The van der Waals surface area contributed by atoms with Crippen molar-refractivity contribution in [2.45, 2.75) is 32.6 Å². The van der Waals surface area contributed by atoms with Gasteiger partial charge in [-0.05, 0) is 66.2 Å². The van der Waals surface area contributed by atoms with Gasteiger partial charge < -0.3 is 0 Å². The SMILES string of the molecule is CC1=CS(=S)(CC(C)C)(c2ccc(C)nc2)C(c2cccs2)=C1. The van der Waals surface area contributed by atoms with Crippen LogP contribution in [-0.4, -0.2) is 10.7 Å². The second-order valence-corrected chi connectivity index (χ2v) is 13.8. The topological polar surface area (TPSA) is 12.9 Å². The highest BCUT2D eigenvalue weighted by molar-refractivity contribution is 8.59. The van der Waals surface area contributed by atoms with E-state index in [1.54, 1.807) is 11.3 Å². The fraction of sp³-hybridized carbons (Fsp3) is 0.316. The zero-order chi connectivity index (χ0) is 16.7. The van der Waals surface area contributed by atoms with Crippen molar-refractivity contribution in [2.24, 2.45) is 5.92 Å². The van der Waals surface area contributed by atoms with Gasteiger partial charge in [-0.3, -0.25) is 4.98 Å². The van der Waals surface area contributed by atoms with Crippen LogP contribution in [0.15, 0.2) is 57.8 Å². The molecule has 122 valence electrons. The van der Waals surface area contributed by atoms with E-state index in [-0.39, 0.29) is 0 Å². The lowest BCUT2D eigenvalue weighted by Crippen LogP contribution is -2.35. The Morgan fingerprint density at radius 2 is 2.00 bits per heavy atom. The molecule has 0 amide bonds.